The molecule has 0 aromatic heterocycles. The van der Waals surface area contributed by atoms with Gasteiger partial charge in [0, 0.05) is 25.2 Å². The van der Waals surface area contributed by atoms with Crippen molar-refractivity contribution in [2.24, 2.45) is 5.92 Å². The highest BCUT2D eigenvalue weighted by Gasteiger charge is 2.50. The Morgan fingerprint density at radius 2 is 1.43 bits per heavy atom. The maximum atomic E-state index is 13.9. The van der Waals surface area contributed by atoms with Crippen LogP contribution < -0.4 is 0 Å². The smallest absolute Gasteiger partial charge is 0.319 e. The number of benzene rings is 3. The second-order valence-corrected chi connectivity index (χ2v) is 10.5. The van der Waals surface area contributed by atoms with Gasteiger partial charge in [-0.15, -0.1) is 0 Å². The van der Waals surface area contributed by atoms with Crippen molar-refractivity contribution >= 4 is 5.97 Å². The Bertz CT molecular complexity index is 1090. The molecule has 1 N–H and O–H groups in total. The summed E-state index contributed by atoms with van der Waals surface area (Å²) in [5.41, 5.74) is 2.09. The third kappa shape index (κ3) is 5.05. The SMILES string of the molecule is O=C(O[C@H]1C[N+]2(CCc3ccccc3)CCC1CC2)C(CO)(Cc1ccccc1)c1ccccc1. The lowest BCUT2D eigenvalue weighted by Gasteiger charge is -2.52. The molecule has 35 heavy (non-hydrogen) atoms. The molecule has 182 valence electrons. The zero-order valence-electron chi connectivity index (χ0n) is 20.4. The van der Waals surface area contributed by atoms with Crippen molar-refractivity contribution in [1.29, 1.82) is 0 Å². The zero-order valence-corrected chi connectivity index (χ0v) is 20.4. The van der Waals surface area contributed by atoms with Crippen LogP contribution in [0.4, 0.5) is 0 Å². The second kappa shape index (κ2) is 10.3. The number of piperidine rings is 3. The van der Waals surface area contributed by atoms with E-state index in [0.717, 1.165) is 48.0 Å². The number of aliphatic hydroxyl groups is 1. The first-order chi connectivity index (χ1) is 17.1. The van der Waals surface area contributed by atoms with Crippen LogP contribution in [0.3, 0.4) is 0 Å². The van der Waals surface area contributed by atoms with E-state index in [9.17, 15) is 9.90 Å². The van der Waals surface area contributed by atoms with Crippen LogP contribution in [0.5, 0.6) is 0 Å². The maximum absolute atomic E-state index is 13.9. The van der Waals surface area contributed by atoms with Crippen molar-refractivity contribution in [2.75, 3.05) is 32.8 Å². The standard InChI is InChI=1S/C31H36NO3/c33-24-31(28-14-8-3-9-15-28,22-26-12-6-2-7-13-26)30(34)35-29-23-32(20-17-27(29)18-21-32)19-16-25-10-4-1-5-11-25/h1-15,27,29,33H,16-24H2/q+1/t27?,29-,31?,32?/m0/s1. The first kappa shape index (κ1) is 23.8. The molecule has 4 nitrogen and oxygen atoms in total. The molecule has 3 saturated heterocycles. The number of esters is 1. The summed E-state index contributed by atoms with van der Waals surface area (Å²) < 4.78 is 7.40. The minimum Gasteiger partial charge on any atom is -0.455 e. The number of rotatable bonds is 9. The van der Waals surface area contributed by atoms with Gasteiger partial charge in [-0.2, -0.15) is 0 Å². The number of ether oxygens (including phenoxy) is 1. The average molecular weight is 471 g/mol. The Balaban J connectivity index is 1.36. The van der Waals surface area contributed by atoms with Crippen LogP contribution in [0.2, 0.25) is 0 Å². The first-order valence-corrected chi connectivity index (χ1v) is 12.9. The summed E-state index contributed by atoms with van der Waals surface area (Å²) in [5, 5.41) is 10.7. The molecular weight excluding hydrogens is 434 g/mol. The van der Waals surface area contributed by atoms with Gasteiger partial charge >= 0.3 is 5.97 Å². The Morgan fingerprint density at radius 1 is 0.857 bits per heavy atom. The van der Waals surface area contributed by atoms with E-state index in [2.05, 4.69) is 30.3 Å². The molecular formula is C31H36NO3+. The van der Waals surface area contributed by atoms with Crippen molar-refractivity contribution in [3.8, 4) is 0 Å². The fraction of sp³-hybridized carbons (Fsp3) is 0.387. The van der Waals surface area contributed by atoms with E-state index in [-0.39, 0.29) is 18.7 Å². The molecule has 0 saturated carbocycles. The van der Waals surface area contributed by atoms with E-state index in [1.165, 1.54) is 18.7 Å². The highest BCUT2D eigenvalue weighted by Crippen LogP contribution is 2.38. The van der Waals surface area contributed by atoms with Gasteiger partial charge in [0.15, 0.2) is 6.10 Å². The molecule has 6 rings (SSSR count). The fourth-order valence-electron chi connectivity index (χ4n) is 6.14. The number of fused-ring (bicyclic) bond motifs is 3. The predicted molar refractivity (Wildman–Crippen MR) is 138 cm³/mol. The number of aliphatic hydroxyl groups excluding tert-OH is 1. The highest BCUT2D eigenvalue weighted by atomic mass is 16.5. The van der Waals surface area contributed by atoms with Crippen molar-refractivity contribution < 1.29 is 19.1 Å². The number of carbonyl (C=O) groups excluding carboxylic acids is 1. The number of carbonyl (C=O) groups is 1. The second-order valence-electron chi connectivity index (χ2n) is 10.5. The normalized spacial score (nSPS) is 25.1. The molecule has 3 heterocycles. The molecule has 0 spiro atoms. The van der Waals surface area contributed by atoms with Gasteiger partial charge in [0.05, 0.1) is 26.2 Å². The van der Waals surface area contributed by atoms with Crippen LogP contribution in [0.1, 0.15) is 29.5 Å². The fourth-order valence-corrected chi connectivity index (χ4v) is 6.14. The molecule has 0 radical (unpaired) electrons. The van der Waals surface area contributed by atoms with Crippen LogP contribution in [-0.4, -0.2) is 54.4 Å². The summed E-state index contributed by atoms with van der Waals surface area (Å²) in [6.45, 7) is 4.01. The van der Waals surface area contributed by atoms with Gasteiger partial charge in [-0.1, -0.05) is 91.0 Å². The van der Waals surface area contributed by atoms with E-state index < -0.39 is 5.41 Å². The Labute approximate surface area is 208 Å². The van der Waals surface area contributed by atoms with E-state index in [4.69, 9.17) is 4.74 Å². The summed E-state index contributed by atoms with van der Waals surface area (Å²) in [6, 6.07) is 30.3. The van der Waals surface area contributed by atoms with Gasteiger partial charge in [0.2, 0.25) is 0 Å². The molecule has 3 aromatic rings. The topological polar surface area (TPSA) is 46.5 Å². The van der Waals surface area contributed by atoms with Crippen LogP contribution in [-0.2, 0) is 27.8 Å². The van der Waals surface area contributed by atoms with Crippen molar-refractivity contribution in [2.45, 2.75) is 37.2 Å². The molecule has 1 unspecified atom stereocenters. The van der Waals surface area contributed by atoms with E-state index in [0.29, 0.717) is 12.3 Å². The van der Waals surface area contributed by atoms with Crippen LogP contribution >= 0.6 is 0 Å². The lowest BCUT2D eigenvalue weighted by Crippen LogP contribution is -2.65. The van der Waals surface area contributed by atoms with E-state index in [1.54, 1.807) is 0 Å². The van der Waals surface area contributed by atoms with Gasteiger partial charge in [-0.25, -0.2) is 0 Å². The van der Waals surface area contributed by atoms with Gasteiger partial charge in [0.25, 0.3) is 0 Å². The highest BCUT2D eigenvalue weighted by molar-refractivity contribution is 5.84. The number of hydrogen-bond donors (Lipinski definition) is 1. The summed E-state index contributed by atoms with van der Waals surface area (Å²) >= 11 is 0. The van der Waals surface area contributed by atoms with Crippen LogP contribution in [0, 0.1) is 5.92 Å². The minimum atomic E-state index is -1.11. The van der Waals surface area contributed by atoms with E-state index in [1.807, 2.05) is 60.7 Å². The zero-order chi connectivity index (χ0) is 24.1. The van der Waals surface area contributed by atoms with Gasteiger partial charge in [0.1, 0.15) is 12.0 Å². The van der Waals surface area contributed by atoms with Crippen molar-refractivity contribution in [1.82, 2.24) is 0 Å². The number of hydrogen-bond acceptors (Lipinski definition) is 3. The van der Waals surface area contributed by atoms with E-state index >= 15 is 0 Å². The van der Waals surface area contributed by atoms with Crippen LogP contribution in [0.25, 0.3) is 0 Å². The maximum Gasteiger partial charge on any atom is 0.319 e. The Hall–Kier alpha value is -2.95. The number of nitrogens with zero attached hydrogens (tertiary/aromatic N) is 1. The third-order valence-corrected chi connectivity index (χ3v) is 8.35. The minimum absolute atomic E-state index is 0.0915. The molecule has 2 atom stereocenters. The molecule has 3 aliphatic heterocycles. The summed E-state index contributed by atoms with van der Waals surface area (Å²) in [5.74, 6) is 0.120. The Kier molecular flexibility index (Phi) is 7.03. The largest absolute Gasteiger partial charge is 0.455 e. The van der Waals surface area contributed by atoms with Gasteiger partial charge in [-0.3, -0.25) is 4.79 Å². The van der Waals surface area contributed by atoms with Crippen LogP contribution in [0.15, 0.2) is 91.0 Å². The first-order valence-electron chi connectivity index (χ1n) is 12.9. The molecule has 2 bridgehead atoms. The molecule has 3 aromatic carbocycles. The predicted octanol–water partition coefficient (Wildman–Crippen LogP) is 4.55. The lowest BCUT2D eigenvalue weighted by atomic mass is 9.75. The molecule has 3 aliphatic rings. The van der Waals surface area contributed by atoms with Crippen molar-refractivity contribution in [3.05, 3.63) is 108 Å². The third-order valence-electron chi connectivity index (χ3n) is 8.35. The molecule has 3 fully saturated rings. The quantitative estimate of drug-likeness (QED) is 0.369. The summed E-state index contributed by atoms with van der Waals surface area (Å²) in [7, 11) is 0. The lowest BCUT2D eigenvalue weighted by molar-refractivity contribution is -0.946. The van der Waals surface area contributed by atoms with Gasteiger partial charge in [-0.05, 0) is 23.1 Å². The molecule has 4 heteroatoms. The van der Waals surface area contributed by atoms with Crippen molar-refractivity contribution in [3.63, 3.8) is 0 Å². The average Bonchev–Trinajstić information content (AvgIpc) is 2.93. The molecule has 0 aliphatic carbocycles. The number of quaternary nitrogens is 1. The Morgan fingerprint density at radius 3 is 2.03 bits per heavy atom. The summed E-state index contributed by atoms with van der Waals surface area (Å²) in [6.07, 6.45) is 3.57. The molecule has 0 amide bonds. The summed E-state index contributed by atoms with van der Waals surface area (Å²) in [4.78, 5) is 13.9. The van der Waals surface area contributed by atoms with Gasteiger partial charge < -0.3 is 14.3 Å². The monoisotopic (exact) mass is 470 g/mol.